The first kappa shape index (κ1) is 13.4. The molecule has 0 aliphatic carbocycles. The van der Waals surface area contributed by atoms with Crippen LogP contribution in [-0.2, 0) is 0 Å². The lowest BCUT2D eigenvalue weighted by Crippen LogP contribution is -2.40. The average molecular weight is 270 g/mol. The topological polar surface area (TPSA) is 67.1 Å². The normalized spacial score (nSPS) is 19.7. The lowest BCUT2D eigenvalue weighted by molar-refractivity contribution is 0.150. The van der Waals surface area contributed by atoms with Crippen molar-refractivity contribution in [2.75, 3.05) is 37.7 Å². The smallest absolute Gasteiger partial charge is 0.223 e. The maximum atomic E-state index is 5.85. The average Bonchev–Trinajstić information content (AvgIpc) is 2.30. The zero-order valence-electron chi connectivity index (χ0n) is 10.9. The zero-order chi connectivity index (χ0) is 13.2. The van der Waals surface area contributed by atoms with E-state index in [1.54, 1.807) is 6.07 Å². The molecule has 2 rings (SSSR count). The predicted molar refractivity (Wildman–Crippen MR) is 74.8 cm³/mol. The van der Waals surface area contributed by atoms with Gasteiger partial charge < -0.3 is 16.0 Å². The van der Waals surface area contributed by atoms with Gasteiger partial charge in [0.05, 0.1) is 0 Å². The van der Waals surface area contributed by atoms with Gasteiger partial charge in [0.15, 0.2) is 0 Å². The van der Waals surface area contributed by atoms with Gasteiger partial charge in [0, 0.05) is 12.6 Å². The lowest BCUT2D eigenvalue weighted by atomic mass is 9.80. The van der Waals surface area contributed by atoms with E-state index in [1.165, 1.54) is 12.8 Å². The molecule has 6 heteroatoms. The van der Waals surface area contributed by atoms with Crippen LogP contribution >= 0.6 is 11.6 Å². The molecule has 3 N–H and O–H groups in total. The molecule has 18 heavy (non-hydrogen) atoms. The van der Waals surface area contributed by atoms with E-state index in [1.807, 2.05) is 0 Å². The van der Waals surface area contributed by atoms with Gasteiger partial charge in [-0.15, -0.1) is 0 Å². The predicted octanol–water partition coefficient (Wildman–Crippen LogP) is 1.86. The molecule has 0 atom stereocenters. The Morgan fingerprint density at radius 3 is 2.72 bits per heavy atom. The Hall–Kier alpha value is -1.07. The van der Waals surface area contributed by atoms with Crippen LogP contribution in [0.2, 0.25) is 5.15 Å². The molecule has 2 heterocycles. The van der Waals surface area contributed by atoms with E-state index in [0.29, 0.717) is 16.4 Å². The Bertz CT molecular complexity index is 395. The number of nitrogen functional groups attached to an aromatic ring is 1. The van der Waals surface area contributed by atoms with Crippen molar-refractivity contribution in [2.45, 2.75) is 19.8 Å². The van der Waals surface area contributed by atoms with E-state index in [4.69, 9.17) is 17.3 Å². The van der Waals surface area contributed by atoms with Gasteiger partial charge in [-0.3, -0.25) is 0 Å². The van der Waals surface area contributed by atoms with Crippen LogP contribution in [0, 0.1) is 5.41 Å². The first-order chi connectivity index (χ1) is 8.47. The number of anilines is 2. The fourth-order valence-electron chi connectivity index (χ4n) is 2.16. The third kappa shape index (κ3) is 3.46. The Labute approximate surface area is 113 Å². The van der Waals surface area contributed by atoms with Crippen LogP contribution in [0.1, 0.15) is 19.8 Å². The number of nitrogens with one attached hydrogen (secondary N) is 1. The number of hydrogen-bond acceptors (Lipinski definition) is 5. The van der Waals surface area contributed by atoms with E-state index in [0.717, 1.165) is 19.6 Å². The summed E-state index contributed by atoms with van der Waals surface area (Å²) in [5, 5.41) is 3.69. The third-order valence-electron chi connectivity index (χ3n) is 3.60. The number of nitrogens with two attached hydrogens (primary N) is 1. The van der Waals surface area contributed by atoms with Crippen molar-refractivity contribution in [3.8, 4) is 0 Å². The van der Waals surface area contributed by atoms with Crippen LogP contribution in [0.25, 0.3) is 0 Å². The standard InChI is InChI=1S/C12H20ClN5/c1-12(3-5-18(2)6-4-12)8-15-10-7-9(13)16-11(14)17-10/h7H,3-6,8H2,1-2H3,(H3,14,15,16,17). The van der Waals surface area contributed by atoms with Gasteiger partial charge >= 0.3 is 0 Å². The molecule has 0 unspecified atom stereocenters. The van der Waals surface area contributed by atoms with Crippen LogP contribution in [0.15, 0.2) is 6.07 Å². The summed E-state index contributed by atoms with van der Waals surface area (Å²) in [6, 6.07) is 1.70. The van der Waals surface area contributed by atoms with Crippen molar-refractivity contribution in [1.82, 2.24) is 14.9 Å². The number of nitrogens with zero attached hydrogens (tertiary/aromatic N) is 3. The highest BCUT2D eigenvalue weighted by Gasteiger charge is 2.28. The Kier molecular flexibility index (Phi) is 3.92. The molecule has 0 bridgehead atoms. The molecular weight excluding hydrogens is 250 g/mol. The minimum Gasteiger partial charge on any atom is -0.369 e. The van der Waals surface area contributed by atoms with Gasteiger partial charge in [-0.2, -0.15) is 4.98 Å². The highest BCUT2D eigenvalue weighted by atomic mass is 35.5. The summed E-state index contributed by atoms with van der Waals surface area (Å²) in [6.45, 7) is 5.47. The summed E-state index contributed by atoms with van der Waals surface area (Å²) >= 11 is 5.85. The lowest BCUT2D eigenvalue weighted by Gasteiger charge is -2.38. The first-order valence-electron chi connectivity index (χ1n) is 6.19. The highest BCUT2D eigenvalue weighted by Crippen LogP contribution is 2.30. The summed E-state index contributed by atoms with van der Waals surface area (Å²) in [5.74, 6) is 0.909. The molecule has 100 valence electrons. The second-order valence-electron chi connectivity index (χ2n) is 5.40. The van der Waals surface area contributed by atoms with Crippen LogP contribution in [-0.4, -0.2) is 41.5 Å². The Balaban J connectivity index is 1.94. The number of halogens is 1. The van der Waals surface area contributed by atoms with Crippen molar-refractivity contribution in [3.63, 3.8) is 0 Å². The summed E-state index contributed by atoms with van der Waals surface area (Å²) in [6.07, 6.45) is 2.37. The maximum Gasteiger partial charge on any atom is 0.223 e. The molecule has 1 aromatic rings. The minimum absolute atomic E-state index is 0.207. The van der Waals surface area contributed by atoms with Crippen molar-refractivity contribution in [1.29, 1.82) is 0 Å². The quantitative estimate of drug-likeness (QED) is 0.820. The molecule has 0 aromatic carbocycles. The second-order valence-corrected chi connectivity index (χ2v) is 5.79. The molecule has 5 nitrogen and oxygen atoms in total. The monoisotopic (exact) mass is 269 g/mol. The fourth-order valence-corrected chi connectivity index (χ4v) is 2.35. The molecule has 0 saturated carbocycles. The maximum absolute atomic E-state index is 5.85. The van der Waals surface area contributed by atoms with Crippen LogP contribution in [0.5, 0.6) is 0 Å². The Morgan fingerprint density at radius 2 is 2.11 bits per heavy atom. The molecule has 1 aromatic heterocycles. The summed E-state index contributed by atoms with van der Waals surface area (Å²) in [7, 11) is 2.16. The van der Waals surface area contributed by atoms with E-state index < -0.39 is 0 Å². The fraction of sp³-hybridized carbons (Fsp3) is 0.667. The molecule has 1 aliphatic heterocycles. The van der Waals surface area contributed by atoms with Crippen LogP contribution < -0.4 is 11.1 Å². The van der Waals surface area contributed by atoms with E-state index in [9.17, 15) is 0 Å². The van der Waals surface area contributed by atoms with Crippen LogP contribution in [0.3, 0.4) is 0 Å². The van der Waals surface area contributed by atoms with Gasteiger partial charge in [-0.05, 0) is 38.4 Å². The summed E-state index contributed by atoms with van der Waals surface area (Å²) in [4.78, 5) is 10.3. The van der Waals surface area contributed by atoms with Gasteiger partial charge in [0.25, 0.3) is 0 Å². The van der Waals surface area contributed by atoms with Gasteiger partial charge in [0.1, 0.15) is 11.0 Å². The third-order valence-corrected chi connectivity index (χ3v) is 3.80. The minimum atomic E-state index is 0.207. The van der Waals surface area contributed by atoms with Crippen LogP contribution in [0.4, 0.5) is 11.8 Å². The molecule has 0 amide bonds. The van der Waals surface area contributed by atoms with E-state index in [-0.39, 0.29) is 5.95 Å². The second kappa shape index (κ2) is 5.28. The molecule has 1 fully saturated rings. The van der Waals surface area contributed by atoms with Crippen molar-refractivity contribution < 1.29 is 0 Å². The van der Waals surface area contributed by atoms with Crippen molar-refractivity contribution in [2.24, 2.45) is 5.41 Å². The Morgan fingerprint density at radius 1 is 1.44 bits per heavy atom. The van der Waals surface area contributed by atoms with Gasteiger partial charge in [-0.1, -0.05) is 18.5 Å². The molecule has 1 aliphatic rings. The van der Waals surface area contributed by atoms with E-state index >= 15 is 0 Å². The SMILES string of the molecule is CN1CCC(C)(CNc2cc(Cl)nc(N)n2)CC1. The zero-order valence-corrected chi connectivity index (χ0v) is 11.7. The molecule has 0 radical (unpaired) electrons. The van der Waals surface area contributed by atoms with Gasteiger partial charge in [-0.25, -0.2) is 4.98 Å². The highest BCUT2D eigenvalue weighted by molar-refractivity contribution is 6.29. The van der Waals surface area contributed by atoms with Crippen molar-refractivity contribution in [3.05, 3.63) is 11.2 Å². The van der Waals surface area contributed by atoms with E-state index in [2.05, 4.69) is 34.2 Å². The summed E-state index contributed by atoms with van der Waals surface area (Å²) < 4.78 is 0. The van der Waals surface area contributed by atoms with Gasteiger partial charge in [0.2, 0.25) is 5.95 Å². The number of piperidine rings is 1. The number of hydrogen-bond donors (Lipinski definition) is 2. The number of rotatable bonds is 3. The van der Waals surface area contributed by atoms with Crippen molar-refractivity contribution >= 4 is 23.4 Å². The number of aromatic nitrogens is 2. The molecule has 0 spiro atoms. The summed E-state index contributed by atoms with van der Waals surface area (Å²) in [5.41, 5.74) is 5.87. The first-order valence-corrected chi connectivity index (χ1v) is 6.57. The molecular formula is C12H20ClN5. The number of likely N-dealkylation sites (tertiary alicyclic amines) is 1. The largest absolute Gasteiger partial charge is 0.369 e. The molecule has 1 saturated heterocycles.